The van der Waals surface area contributed by atoms with Crippen molar-refractivity contribution in [2.75, 3.05) is 13.2 Å². The first kappa shape index (κ1) is 15.8. The second kappa shape index (κ2) is 6.29. The van der Waals surface area contributed by atoms with Crippen LogP contribution in [0.15, 0.2) is 48.7 Å². The predicted molar refractivity (Wildman–Crippen MR) is 93.4 cm³/mol. The first-order valence-electron chi connectivity index (χ1n) is 8.46. The molecule has 0 aliphatic carbocycles. The lowest BCUT2D eigenvalue weighted by Crippen LogP contribution is -2.51. The van der Waals surface area contributed by atoms with E-state index in [1.54, 1.807) is 6.07 Å². The van der Waals surface area contributed by atoms with Crippen LogP contribution in [-0.2, 0) is 10.3 Å². The molecule has 1 saturated heterocycles. The molecule has 6 heteroatoms. The molecule has 3 heterocycles. The number of nitrogens with zero attached hydrogens (tertiary/aromatic N) is 3. The molecule has 0 radical (unpaired) electrons. The molecular weight excluding hydrogens is 316 g/mol. The Kier molecular flexibility index (Phi) is 3.97. The molecule has 1 aromatic carbocycles. The summed E-state index contributed by atoms with van der Waals surface area (Å²) in [5.74, 6) is 0.593. The summed E-state index contributed by atoms with van der Waals surface area (Å²) in [6.07, 6.45) is 3.61. The summed E-state index contributed by atoms with van der Waals surface area (Å²) in [4.78, 5) is 13.1. The number of pyridine rings is 1. The Morgan fingerprint density at radius 1 is 1.20 bits per heavy atom. The lowest BCUT2D eigenvalue weighted by molar-refractivity contribution is 0.0178. The number of carbonyl (C=O) groups excluding carboxylic acids is 1. The molecule has 6 nitrogen and oxygen atoms in total. The van der Waals surface area contributed by atoms with Gasteiger partial charge in [-0.05, 0) is 37.5 Å². The number of fused-ring (bicyclic) bond motifs is 1. The van der Waals surface area contributed by atoms with Crippen LogP contribution < -0.4 is 5.32 Å². The number of aromatic nitrogens is 3. The normalized spacial score (nSPS) is 20.5. The van der Waals surface area contributed by atoms with Crippen LogP contribution in [0, 0.1) is 6.92 Å². The van der Waals surface area contributed by atoms with Gasteiger partial charge in [0.25, 0.3) is 5.91 Å². The molecule has 1 unspecified atom stereocenters. The maximum atomic E-state index is 13.1. The Labute approximate surface area is 145 Å². The van der Waals surface area contributed by atoms with Crippen LogP contribution in [0.2, 0.25) is 0 Å². The van der Waals surface area contributed by atoms with Crippen molar-refractivity contribution >= 4 is 11.6 Å². The average molecular weight is 336 g/mol. The number of amides is 1. The third-order valence-electron chi connectivity index (χ3n) is 4.77. The van der Waals surface area contributed by atoms with Gasteiger partial charge in [-0.3, -0.25) is 9.20 Å². The van der Waals surface area contributed by atoms with Crippen molar-refractivity contribution < 1.29 is 9.53 Å². The molecule has 1 fully saturated rings. The van der Waals surface area contributed by atoms with E-state index in [0.717, 1.165) is 30.8 Å². The lowest BCUT2D eigenvalue weighted by Gasteiger charge is -2.38. The zero-order valence-corrected chi connectivity index (χ0v) is 14.1. The van der Waals surface area contributed by atoms with E-state index in [2.05, 4.69) is 15.5 Å². The van der Waals surface area contributed by atoms with Crippen LogP contribution in [0.5, 0.6) is 0 Å². The largest absolute Gasteiger partial charge is 0.379 e. The zero-order chi connectivity index (χ0) is 17.3. The standard InChI is InChI=1S/C19H20N4O2/c1-14-21-22-17-16(9-5-11-23(14)17)18(24)20-19(10-6-12-25-13-19)15-7-3-2-4-8-15/h2-5,7-9,11H,6,10,12-13H2,1H3,(H,20,24). The fourth-order valence-corrected chi connectivity index (χ4v) is 3.44. The van der Waals surface area contributed by atoms with Gasteiger partial charge in [0.15, 0.2) is 5.65 Å². The highest BCUT2D eigenvalue weighted by Gasteiger charge is 2.37. The zero-order valence-electron chi connectivity index (χ0n) is 14.1. The van der Waals surface area contributed by atoms with Gasteiger partial charge in [0.2, 0.25) is 0 Å². The van der Waals surface area contributed by atoms with E-state index in [9.17, 15) is 4.79 Å². The molecule has 1 aliphatic heterocycles. The second-order valence-electron chi connectivity index (χ2n) is 6.42. The van der Waals surface area contributed by atoms with Gasteiger partial charge in [0, 0.05) is 12.8 Å². The molecule has 128 valence electrons. The Morgan fingerprint density at radius 3 is 2.80 bits per heavy atom. The highest BCUT2D eigenvalue weighted by molar-refractivity contribution is 6.00. The molecule has 0 bridgehead atoms. The van der Waals surface area contributed by atoms with Gasteiger partial charge in [0.1, 0.15) is 5.82 Å². The van der Waals surface area contributed by atoms with Crippen LogP contribution in [0.1, 0.15) is 34.6 Å². The van der Waals surface area contributed by atoms with Gasteiger partial charge in [0.05, 0.1) is 17.7 Å². The second-order valence-corrected chi connectivity index (χ2v) is 6.42. The lowest BCUT2D eigenvalue weighted by atomic mass is 9.84. The summed E-state index contributed by atoms with van der Waals surface area (Å²) < 4.78 is 7.54. The predicted octanol–water partition coefficient (Wildman–Crippen LogP) is 2.47. The molecule has 1 aliphatic rings. The van der Waals surface area contributed by atoms with E-state index in [4.69, 9.17) is 4.74 Å². The Bertz CT molecular complexity index is 898. The third kappa shape index (κ3) is 2.78. The summed E-state index contributed by atoms with van der Waals surface area (Å²) in [7, 11) is 0. The monoisotopic (exact) mass is 336 g/mol. The molecule has 25 heavy (non-hydrogen) atoms. The number of carbonyl (C=O) groups is 1. The Morgan fingerprint density at radius 2 is 2.04 bits per heavy atom. The molecule has 1 N–H and O–H groups in total. The van der Waals surface area contributed by atoms with Crippen molar-refractivity contribution in [2.24, 2.45) is 0 Å². The summed E-state index contributed by atoms with van der Waals surface area (Å²) in [5.41, 5.74) is 1.63. The maximum Gasteiger partial charge on any atom is 0.255 e. The molecule has 3 aromatic rings. The van der Waals surface area contributed by atoms with E-state index < -0.39 is 5.54 Å². The molecule has 0 saturated carbocycles. The first-order valence-corrected chi connectivity index (χ1v) is 8.46. The van der Waals surface area contributed by atoms with Crippen LogP contribution in [-0.4, -0.2) is 33.7 Å². The van der Waals surface area contributed by atoms with Gasteiger partial charge < -0.3 is 10.1 Å². The summed E-state index contributed by atoms with van der Waals surface area (Å²) in [5, 5.41) is 11.4. The molecule has 2 aromatic heterocycles. The van der Waals surface area contributed by atoms with E-state index >= 15 is 0 Å². The van der Waals surface area contributed by atoms with Crippen molar-refractivity contribution in [1.82, 2.24) is 19.9 Å². The quantitative estimate of drug-likeness (QED) is 0.798. The number of aryl methyl sites for hydroxylation is 1. The van der Waals surface area contributed by atoms with Crippen molar-refractivity contribution in [1.29, 1.82) is 0 Å². The minimum Gasteiger partial charge on any atom is -0.379 e. The van der Waals surface area contributed by atoms with E-state index in [-0.39, 0.29) is 5.91 Å². The topological polar surface area (TPSA) is 68.5 Å². The number of rotatable bonds is 3. The number of nitrogens with one attached hydrogen (secondary N) is 1. The number of hydrogen-bond donors (Lipinski definition) is 1. The summed E-state index contributed by atoms with van der Waals surface area (Å²) in [6.45, 7) is 3.06. The van der Waals surface area contributed by atoms with Crippen LogP contribution in [0.3, 0.4) is 0 Å². The fourth-order valence-electron chi connectivity index (χ4n) is 3.44. The minimum atomic E-state index is -0.515. The Balaban J connectivity index is 1.71. The van der Waals surface area contributed by atoms with E-state index in [1.807, 2.05) is 53.9 Å². The minimum absolute atomic E-state index is 0.160. The number of benzene rings is 1. The van der Waals surface area contributed by atoms with Crippen molar-refractivity contribution in [3.63, 3.8) is 0 Å². The van der Waals surface area contributed by atoms with Gasteiger partial charge >= 0.3 is 0 Å². The van der Waals surface area contributed by atoms with Gasteiger partial charge in [-0.25, -0.2) is 0 Å². The molecular formula is C19H20N4O2. The maximum absolute atomic E-state index is 13.1. The number of hydrogen-bond acceptors (Lipinski definition) is 4. The first-order chi connectivity index (χ1) is 12.2. The third-order valence-corrected chi connectivity index (χ3v) is 4.77. The smallest absolute Gasteiger partial charge is 0.255 e. The highest BCUT2D eigenvalue weighted by atomic mass is 16.5. The van der Waals surface area contributed by atoms with Crippen LogP contribution in [0.25, 0.3) is 5.65 Å². The van der Waals surface area contributed by atoms with Crippen LogP contribution in [0.4, 0.5) is 0 Å². The van der Waals surface area contributed by atoms with E-state index in [0.29, 0.717) is 17.8 Å². The summed E-state index contributed by atoms with van der Waals surface area (Å²) in [6, 6.07) is 13.6. The highest BCUT2D eigenvalue weighted by Crippen LogP contribution is 2.31. The van der Waals surface area contributed by atoms with Gasteiger partial charge in [-0.1, -0.05) is 30.3 Å². The fraction of sp³-hybridized carbons (Fsp3) is 0.316. The van der Waals surface area contributed by atoms with Crippen molar-refractivity contribution in [3.8, 4) is 0 Å². The molecule has 4 rings (SSSR count). The molecule has 1 atom stereocenters. The SMILES string of the molecule is Cc1nnc2c(C(=O)NC3(c4ccccc4)CCCOC3)cccn12. The molecule has 0 spiro atoms. The average Bonchev–Trinajstić information content (AvgIpc) is 3.04. The summed E-state index contributed by atoms with van der Waals surface area (Å²) >= 11 is 0. The van der Waals surface area contributed by atoms with Gasteiger partial charge in [-0.15, -0.1) is 10.2 Å². The Hall–Kier alpha value is -2.73. The molecule has 1 amide bonds. The van der Waals surface area contributed by atoms with Crippen molar-refractivity contribution in [3.05, 3.63) is 65.6 Å². The van der Waals surface area contributed by atoms with Gasteiger partial charge in [-0.2, -0.15) is 0 Å². The van der Waals surface area contributed by atoms with E-state index in [1.165, 1.54) is 0 Å². The van der Waals surface area contributed by atoms with Crippen molar-refractivity contribution in [2.45, 2.75) is 25.3 Å². The van der Waals surface area contributed by atoms with Crippen LogP contribution >= 0.6 is 0 Å². The number of ether oxygens (including phenoxy) is 1.